The maximum absolute atomic E-state index is 12.3. The number of benzene rings is 1. The van der Waals surface area contributed by atoms with E-state index in [2.05, 4.69) is 10.3 Å². The SMILES string of the molecule is CCO[C@H]1C[C@](O)(CNC(=O)c2ccc3cc[nH]c3c2)C1(C)C. The first-order valence-electron chi connectivity index (χ1n) is 8.07. The van der Waals surface area contributed by atoms with E-state index in [1.54, 1.807) is 6.07 Å². The zero-order valence-corrected chi connectivity index (χ0v) is 13.8. The minimum atomic E-state index is -0.932. The summed E-state index contributed by atoms with van der Waals surface area (Å²) < 4.78 is 5.64. The summed E-state index contributed by atoms with van der Waals surface area (Å²) >= 11 is 0. The normalized spacial score (nSPS) is 26.0. The van der Waals surface area contributed by atoms with E-state index in [9.17, 15) is 9.90 Å². The van der Waals surface area contributed by atoms with Crippen LogP contribution in [0.4, 0.5) is 0 Å². The van der Waals surface area contributed by atoms with Gasteiger partial charge in [-0.3, -0.25) is 4.79 Å². The van der Waals surface area contributed by atoms with Crippen molar-refractivity contribution in [1.29, 1.82) is 0 Å². The van der Waals surface area contributed by atoms with Crippen LogP contribution in [0.2, 0.25) is 0 Å². The van der Waals surface area contributed by atoms with Crippen molar-refractivity contribution >= 4 is 16.8 Å². The van der Waals surface area contributed by atoms with Crippen molar-refractivity contribution in [3.05, 3.63) is 36.0 Å². The highest BCUT2D eigenvalue weighted by Gasteiger charge is 2.59. The summed E-state index contributed by atoms with van der Waals surface area (Å²) in [6.45, 7) is 6.77. The Hall–Kier alpha value is -1.85. The number of nitrogens with one attached hydrogen (secondary N) is 2. The number of H-pyrrole nitrogens is 1. The molecule has 1 aliphatic rings. The van der Waals surface area contributed by atoms with Gasteiger partial charge in [-0.05, 0) is 30.5 Å². The highest BCUT2D eigenvalue weighted by atomic mass is 16.5. The van der Waals surface area contributed by atoms with Crippen LogP contribution in [0.25, 0.3) is 10.9 Å². The van der Waals surface area contributed by atoms with E-state index in [0.717, 1.165) is 10.9 Å². The summed E-state index contributed by atoms with van der Waals surface area (Å²) in [4.78, 5) is 15.4. The van der Waals surface area contributed by atoms with Crippen molar-refractivity contribution in [2.45, 2.75) is 38.9 Å². The van der Waals surface area contributed by atoms with Gasteiger partial charge in [-0.25, -0.2) is 0 Å². The van der Waals surface area contributed by atoms with E-state index in [-0.39, 0.29) is 24.0 Å². The van der Waals surface area contributed by atoms with Crippen LogP contribution in [0.15, 0.2) is 30.5 Å². The van der Waals surface area contributed by atoms with Gasteiger partial charge in [-0.15, -0.1) is 0 Å². The van der Waals surface area contributed by atoms with Crippen LogP contribution in [0.5, 0.6) is 0 Å². The summed E-state index contributed by atoms with van der Waals surface area (Å²) in [5.41, 5.74) is 0.206. The van der Waals surface area contributed by atoms with Crippen molar-refractivity contribution in [3.8, 4) is 0 Å². The second-order valence-corrected chi connectivity index (χ2v) is 6.86. The second-order valence-electron chi connectivity index (χ2n) is 6.86. The Labute approximate surface area is 136 Å². The van der Waals surface area contributed by atoms with Gasteiger partial charge in [0.25, 0.3) is 5.91 Å². The van der Waals surface area contributed by atoms with E-state index in [4.69, 9.17) is 4.74 Å². The number of aromatic amines is 1. The molecule has 2 atom stereocenters. The van der Waals surface area contributed by atoms with Crippen molar-refractivity contribution in [2.75, 3.05) is 13.2 Å². The molecule has 5 heteroatoms. The van der Waals surface area contributed by atoms with Crippen LogP contribution in [-0.2, 0) is 4.74 Å². The fourth-order valence-corrected chi connectivity index (χ4v) is 3.28. The Bertz CT molecular complexity index is 722. The van der Waals surface area contributed by atoms with E-state index < -0.39 is 5.60 Å². The molecule has 1 aromatic heterocycles. The minimum absolute atomic E-state index is 0.0321. The fraction of sp³-hybridized carbons (Fsp3) is 0.500. The lowest BCUT2D eigenvalue weighted by molar-refractivity contribution is -0.237. The molecule has 0 spiro atoms. The minimum Gasteiger partial charge on any atom is -0.387 e. The van der Waals surface area contributed by atoms with Gasteiger partial charge in [-0.1, -0.05) is 19.9 Å². The van der Waals surface area contributed by atoms with Gasteiger partial charge >= 0.3 is 0 Å². The Balaban J connectivity index is 1.65. The zero-order chi connectivity index (χ0) is 16.7. The predicted octanol–water partition coefficient (Wildman–Crippen LogP) is 2.46. The molecule has 23 heavy (non-hydrogen) atoms. The molecule has 0 aliphatic heterocycles. The molecule has 1 fully saturated rings. The molecule has 0 bridgehead atoms. The molecule has 1 aliphatic carbocycles. The Morgan fingerprint density at radius 2 is 2.22 bits per heavy atom. The molecular weight excluding hydrogens is 292 g/mol. The number of amides is 1. The second kappa shape index (κ2) is 5.65. The van der Waals surface area contributed by atoms with Gasteiger partial charge in [0.05, 0.1) is 11.7 Å². The smallest absolute Gasteiger partial charge is 0.251 e. The van der Waals surface area contributed by atoms with Crippen LogP contribution in [0, 0.1) is 5.41 Å². The molecule has 3 N–H and O–H groups in total. The monoisotopic (exact) mass is 316 g/mol. The average Bonchev–Trinajstić information content (AvgIpc) is 2.99. The molecule has 1 heterocycles. The van der Waals surface area contributed by atoms with Crippen molar-refractivity contribution in [1.82, 2.24) is 10.3 Å². The van der Waals surface area contributed by atoms with Gasteiger partial charge < -0.3 is 20.1 Å². The third-order valence-electron chi connectivity index (χ3n) is 5.25. The topological polar surface area (TPSA) is 74.3 Å². The summed E-state index contributed by atoms with van der Waals surface area (Å²) in [6.07, 6.45) is 2.42. The molecule has 1 amide bonds. The molecule has 0 saturated heterocycles. The molecule has 0 radical (unpaired) electrons. The van der Waals surface area contributed by atoms with E-state index >= 15 is 0 Å². The number of ether oxygens (including phenoxy) is 1. The van der Waals surface area contributed by atoms with Gasteiger partial charge in [0, 0.05) is 42.3 Å². The van der Waals surface area contributed by atoms with Crippen LogP contribution in [0.3, 0.4) is 0 Å². The van der Waals surface area contributed by atoms with Crippen molar-refractivity contribution in [2.24, 2.45) is 5.41 Å². The first-order valence-corrected chi connectivity index (χ1v) is 8.07. The van der Waals surface area contributed by atoms with Crippen LogP contribution in [-0.4, -0.2) is 40.9 Å². The third kappa shape index (κ3) is 2.64. The highest BCUT2D eigenvalue weighted by Crippen LogP contribution is 2.50. The lowest BCUT2D eigenvalue weighted by atomic mass is 9.56. The van der Waals surface area contributed by atoms with E-state index in [1.165, 1.54) is 0 Å². The number of carbonyl (C=O) groups excluding carboxylic acids is 1. The number of rotatable bonds is 5. The molecule has 3 rings (SSSR count). The third-order valence-corrected chi connectivity index (χ3v) is 5.25. The number of aromatic nitrogens is 1. The lowest BCUT2D eigenvalue weighted by Crippen LogP contribution is -2.68. The largest absolute Gasteiger partial charge is 0.387 e. The average molecular weight is 316 g/mol. The molecule has 2 aromatic rings. The summed E-state index contributed by atoms with van der Waals surface area (Å²) in [5.74, 6) is -0.175. The van der Waals surface area contributed by atoms with Crippen molar-refractivity contribution in [3.63, 3.8) is 0 Å². The number of aliphatic hydroxyl groups is 1. The number of carbonyl (C=O) groups is 1. The summed E-state index contributed by atoms with van der Waals surface area (Å²) in [7, 11) is 0. The Morgan fingerprint density at radius 3 is 2.91 bits per heavy atom. The molecule has 0 unspecified atom stereocenters. The maximum Gasteiger partial charge on any atom is 0.251 e. The molecule has 1 aromatic carbocycles. The van der Waals surface area contributed by atoms with E-state index in [1.807, 2.05) is 45.2 Å². The van der Waals surface area contributed by atoms with E-state index in [0.29, 0.717) is 18.6 Å². The van der Waals surface area contributed by atoms with Gasteiger partial charge in [-0.2, -0.15) is 0 Å². The van der Waals surface area contributed by atoms with Crippen LogP contribution < -0.4 is 5.32 Å². The zero-order valence-electron chi connectivity index (χ0n) is 13.8. The number of hydrogen-bond donors (Lipinski definition) is 3. The maximum atomic E-state index is 12.3. The number of fused-ring (bicyclic) bond motifs is 1. The molecule has 124 valence electrons. The van der Waals surface area contributed by atoms with Crippen molar-refractivity contribution < 1.29 is 14.6 Å². The highest BCUT2D eigenvalue weighted by molar-refractivity contribution is 5.97. The molecule has 5 nitrogen and oxygen atoms in total. The Kier molecular flexibility index (Phi) is 3.94. The van der Waals surface area contributed by atoms with Crippen LogP contribution in [0.1, 0.15) is 37.6 Å². The summed E-state index contributed by atoms with van der Waals surface area (Å²) in [6, 6.07) is 7.49. The Morgan fingerprint density at radius 1 is 1.43 bits per heavy atom. The van der Waals surface area contributed by atoms with Gasteiger partial charge in [0.1, 0.15) is 0 Å². The van der Waals surface area contributed by atoms with Gasteiger partial charge in [0.2, 0.25) is 0 Å². The molecular formula is C18H24N2O3. The first kappa shape index (κ1) is 16.0. The quantitative estimate of drug-likeness (QED) is 0.793. The fourth-order valence-electron chi connectivity index (χ4n) is 3.28. The first-order chi connectivity index (χ1) is 10.9. The lowest BCUT2D eigenvalue weighted by Gasteiger charge is -2.57. The van der Waals surface area contributed by atoms with Crippen LogP contribution >= 0.6 is 0 Å². The predicted molar refractivity (Wildman–Crippen MR) is 89.4 cm³/mol. The summed E-state index contributed by atoms with van der Waals surface area (Å²) in [5, 5.41) is 14.7. The number of hydrogen-bond acceptors (Lipinski definition) is 3. The molecule has 1 saturated carbocycles. The standard InChI is InChI=1S/C18H24N2O3/c1-4-23-15-10-18(22,17(15,2)3)11-20-16(21)13-6-5-12-7-8-19-14(12)9-13/h5-9,15,19,22H,4,10-11H2,1-3H3,(H,20,21)/t15-,18-/m0/s1. The van der Waals surface area contributed by atoms with Gasteiger partial charge in [0.15, 0.2) is 0 Å².